The van der Waals surface area contributed by atoms with Crippen molar-refractivity contribution in [3.63, 3.8) is 0 Å². The number of hydrogen-bond acceptors (Lipinski definition) is 5. The van der Waals surface area contributed by atoms with Crippen molar-refractivity contribution in [1.29, 1.82) is 0 Å². The van der Waals surface area contributed by atoms with Gasteiger partial charge in [0.2, 0.25) is 5.82 Å². The van der Waals surface area contributed by atoms with Gasteiger partial charge in [0, 0.05) is 6.42 Å². The molecular weight excluding hydrogens is 415 g/mol. The van der Waals surface area contributed by atoms with Crippen LogP contribution in [0, 0.1) is 5.82 Å². The van der Waals surface area contributed by atoms with Gasteiger partial charge in [0.1, 0.15) is 11.8 Å². The minimum atomic E-state index is -1.06. The number of aromatic amines is 1. The van der Waals surface area contributed by atoms with Gasteiger partial charge in [-0.3, -0.25) is 14.3 Å². The summed E-state index contributed by atoms with van der Waals surface area (Å²) in [7, 11) is 0. The Morgan fingerprint density at radius 3 is 2.34 bits per heavy atom. The number of nitrogens with zero attached hydrogens (tertiary/aromatic N) is 1. The van der Waals surface area contributed by atoms with Crippen LogP contribution in [0.4, 0.5) is 4.39 Å². The molecule has 4 rings (SSSR count). The molecule has 168 valence electrons. The van der Waals surface area contributed by atoms with E-state index in [1.54, 1.807) is 0 Å². The van der Waals surface area contributed by atoms with Gasteiger partial charge in [-0.25, -0.2) is 4.79 Å². The quantitative estimate of drug-likeness (QED) is 0.582. The van der Waals surface area contributed by atoms with Crippen LogP contribution in [0.3, 0.4) is 0 Å². The Bertz CT molecular complexity index is 1150. The van der Waals surface area contributed by atoms with Crippen molar-refractivity contribution in [1.82, 2.24) is 9.55 Å². The van der Waals surface area contributed by atoms with Crippen LogP contribution < -0.4 is 11.2 Å². The summed E-state index contributed by atoms with van der Waals surface area (Å²) in [5.41, 5.74) is -0.671. The van der Waals surface area contributed by atoms with Crippen molar-refractivity contribution in [2.45, 2.75) is 44.5 Å². The highest BCUT2D eigenvalue weighted by Gasteiger charge is 2.47. The lowest BCUT2D eigenvalue weighted by Crippen LogP contribution is -2.42. The van der Waals surface area contributed by atoms with E-state index in [9.17, 15) is 14.0 Å². The van der Waals surface area contributed by atoms with E-state index in [1.807, 2.05) is 72.6 Å². The van der Waals surface area contributed by atoms with E-state index >= 15 is 0 Å². The molecule has 0 amide bonds. The largest absolute Gasteiger partial charge is 0.374 e. The van der Waals surface area contributed by atoms with Gasteiger partial charge in [-0.2, -0.15) is 4.39 Å². The first-order valence-corrected chi connectivity index (χ1v) is 10.4. The third-order valence-corrected chi connectivity index (χ3v) is 5.53. The Hall–Kier alpha value is -3.07. The van der Waals surface area contributed by atoms with E-state index in [0.29, 0.717) is 19.6 Å². The van der Waals surface area contributed by atoms with Crippen LogP contribution in [0.2, 0.25) is 0 Å². The maximum Gasteiger partial charge on any atom is 0.330 e. The maximum atomic E-state index is 13.8. The van der Waals surface area contributed by atoms with Gasteiger partial charge in [-0.1, -0.05) is 60.7 Å². The molecular formula is C24H25FN2O5. The van der Waals surface area contributed by atoms with Crippen molar-refractivity contribution in [3.8, 4) is 0 Å². The number of aromatic nitrogens is 2. The monoisotopic (exact) mass is 440 g/mol. The lowest BCUT2D eigenvalue weighted by atomic mass is 10.00. The molecule has 1 N–H and O–H groups in total. The summed E-state index contributed by atoms with van der Waals surface area (Å²) in [6.45, 7) is 2.80. The minimum absolute atomic E-state index is 0.207. The second kappa shape index (κ2) is 9.60. The van der Waals surface area contributed by atoms with E-state index in [2.05, 4.69) is 0 Å². The SMILES string of the molecule is C[C@]1(COCc2ccccc2)O[C@@H](n2cc(F)c(=O)[nH]c2=O)C[C@@H]1OCc1ccccc1. The number of nitrogens with one attached hydrogen (secondary N) is 1. The van der Waals surface area contributed by atoms with Crippen LogP contribution >= 0.6 is 0 Å². The number of H-pyrrole nitrogens is 1. The van der Waals surface area contributed by atoms with E-state index in [1.165, 1.54) is 0 Å². The summed E-state index contributed by atoms with van der Waals surface area (Å²) < 4.78 is 33.2. The van der Waals surface area contributed by atoms with Gasteiger partial charge >= 0.3 is 5.69 Å². The van der Waals surface area contributed by atoms with E-state index in [0.717, 1.165) is 21.9 Å². The fourth-order valence-electron chi connectivity index (χ4n) is 3.80. The zero-order valence-electron chi connectivity index (χ0n) is 17.7. The van der Waals surface area contributed by atoms with Crippen molar-refractivity contribution in [2.24, 2.45) is 0 Å². The van der Waals surface area contributed by atoms with Crippen LogP contribution in [-0.2, 0) is 27.4 Å². The summed E-state index contributed by atoms with van der Waals surface area (Å²) in [6, 6.07) is 19.4. The number of hydrogen-bond donors (Lipinski definition) is 1. The van der Waals surface area contributed by atoms with Crippen molar-refractivity contribution in [2.75, 3.05) is 6.61 Å². The fraction of sp³-hybridized carbons (Fsp3) is 0.333. The molecule has 2 aromatic carbocycles. The van der Waals surface area contributed by atoms with Crippen molar-refractivity contribution < 1.29 is 18.6 Å². The molecule has 0 saturated carbocycles. The Morgan fingerprint density at radius 1 is 1.06 bits per heavy atom. The number of benzene rings is 2. The highest BCUT2D eigenvalue weighted by molar-refractivity contribution is 5.14. The van der Waals surface area contributed by atoms with Crippen molar-refractivity contribution >= 4 is 0 Å². The van der Waals surface area contributed by atoms with E-state index in [4.69, 9.17) is 14.2 Å². The molecule has 1 aliphatic heterocycles. The summed E-state index contributed by atoms with van der Waals surface area (Å²) in [5, 5.41) is 0. The van der Waals surface area contributed by atoms with Crippen LogP contribution in [0.15, 0.2) is 76.4 Å². The van der Waals surface area contributed by atoms with Crippen LogP contribution in [0.25, 0.3) is 0 Å². The highest BCUT2D eigenvalue weighted by Crippen LogP contribution is 2.38. The van der Waals surface area contributed by atoms with Gasteiger partial charge in [-0.15, -0.1) is 0 Å². The van der Waals surface area contributed by atoms with Gasteiger partial charge in [0.25, 0.3) is 5.56 Å². The molecule has 0 radical (unpaired) electrons. The molecule has 0 bridgehead atoms. The Morgan fingerprint density at radius 2 is 1.69 bits per heavy atom. The average Bonchev–Trinajstić information content (AvgIpc) is 3.12. The van der Waals surface area contributed by atoms with Gasteiger partial charge in [0.05, 0.1) is 32.1 Å². The molecule has 7 nitrogen and oxygen atoms in total. The predicted molar refractivity (Wildman–Crippen MR) is 116 cm³/mol. The Balaban J connectivity index is 1.52. The summed E-state index contributed by atoms with van der Waals surface area (Å²) in [6.07, 6.45) is -0.0644. The molecule has 3 aromatic rings. The van der Waals surface area contributed by atoms with Crippen LogP contribution in [0.5, 0.6) is 0 Å². The van der Waals surface area contributed by atoms with E-state index < -0.39 is 35.0 Å². The van der Waals surface area contributed by atoms with Crippen LogP contribution in [0.1, 0.15) is 30.7 Å². The second-order valence-electron chi connectivity index (χ2n) is 8.03. The molecule has 1 fully saturated rings. The first kappa shape index (κ1) is 22.1. The van der Waals surface area contributed by atoms with Gasteiger partial charge in [-0.05, 0) is 18.1 Å². The lowest BCUT2D eigenvalue weighted by molar-refractivity contribution is -0.147. The fourth-order valence-corrected chi connectivity index (χ4v) is 3.80. The molecule has 2 heterocycles. The minimum Gasteiger partial charge on any atom is -0.374 e. The molecule has 3 atom stereocenters. The summed E-state index contributed by atoms with van der Waals surface area (Å²) >= 11 is 0. The molecule has 0 spiro atoms. The highest BCUT2D eigenvalue weighted by atomic mass is 19.1. The summed E-state index contributed by atoms with van der Waals surface area (Å²) in [5.74, 6) is -1.05. The van der Waals surface area contributed by atoms with Gasteiger partial charge in [0.15, 0.2) is 0 Å². The maximum absolute atomic E-state index is 13.8. The normalized spacial score (nSPS) is 22.8. The second-order valence-corrected chi connectivity index (χ2v) is 8.03. The molecule has 32 heavy (non-hydrogen) atoms. The summed E-state index contributed by atoms with van der Waals surface area (Å²) in [4.78, 5) is 25.6. The van der Waals surface area contributed by atoms with Gasteiger partial charge < -0.3 is 14.2 Å². The third-order valence-electron chi connectivity index (χ3n) is 5.53. The third kappa shape index (κ3) is 5.04. The number of halogens is 1. The zero-order chi connectivity index (χ0) is 22.6. The standard InChI is InChI=1S/C24H25FN2O5/c1-24(16-30-14-17-8-4-2-5-9-17)20(31-15-18-10-6-3-7-11-18)12-21(32-24)27-13-19(25)22(28)26-23(27)29/h2-11,13,20-21H,12,14-16H2,1H3,(H,26,28,29)/t20-,21+,24+/m0/s1. The molecule has 0 unspecified atom stereocenters. The Labute approximate surface area is 184 Å². The molecule has 1 saturated heterocycles. The first-order chi connectivity index (χ1) is 15.4. The van der Waals surface area contributed by atoms with Crippen molar-refractivity contribution in [3.05, 3.63) is 105 Å². The Kier molecular flexibility index (Phi) is 6.64. The lowest BCUT2D eigenvalue weighted by Gasteiger charge is -2.30. The molecule has 1 aromatic heterocycles. The van der Waals surface area contributed by atoms with E-state index in [-0.39, 0.29) is 6.61 Å². The molecule has 8 heteroatoms. The molecule has 0 aliphatic carbocycles. The average molecular weight is 440 g/mol. The first-order valence-electron chi connectivity index (χ1n) is 10.4. The number of rotatable bonds is 8. The van der Waals surface area contributed by atoms with Crippen LogP contribution in [-0.4, -0.2) is 27.9 Å². The molecule has 1 aliphatic rings. The predicted octanol–water partition coefficient (Wildman–Crippen LogP) is 3.16. The zero-order valence-corrected chi connectivity index (χ0v) is 17.7. The number of ether oxygens (including phenoxy) is 3. The topological polar surface area (TPSA) is 82.5 Å². The smallest absolute Gasteiger partial charge is 0.330 e.